The van der Waals surface area contributed by atoms with Crippen molar-refractivity contribution in [1.29, 1.82) is 0 Å². The monoisotopic (exact) mass is 208 g/mol. The maximum atomic E-state index is 11.2. The Labute approximate surface area is 72.8 Å². The first-order valence-electron chi connectivity index (χ1n) is 3.63. The van der Waals surface area contributed by atoms with E-state index in [1.807, 2.05) is 0 Å². The molecule has 0 aromatic carbocycles. The minimum Gasteiger partial charge on any atom is -0.227 e. The topological polar surface area (TPSA) is 63.2 Å². The molecule has 1 aliphatic rings. The lowest BCUT2D eigenvalue weighted by atomic mass is 10.3. The van der Waals surface area contributed by atoms with Crippen molar-refractivity contribution in [3.05, 3.63) is 12.4 Å². The third-order valence-electron chi connectivity index (χ3n) is 1.77. The molecule has 12 heavy (non-hydrogen) atoms. The number of sulfone groups is 1. The van der Waals surface area contributed by atoms with E-state index in [-0.39, 0.29) is 5.75 Å². The summed E-state index contributed by atoms with van der Waals surface area (Å²) in [6.45, 7) is 3.31. The molecule has 0 spiro atoms. The molecule has 2 unspecified atom stereocenters. The van der Waals surface area contributed by atoms with Crippen LogP contribution >= 0.6 is 7.95 Å². The molecule has 1 N–H and O–H groups in total. The van der Waals surface area contributed by atoms with Gasteiger partial charge in [0, 0.05) is 0 Å². The summed E-state index contributed by atoms with van der Waals surface area (Å²) in [4.78, 5) is 0. The molecule has 1 aliphatic heterocycles. The van der Waals surface area contributed by atoms with Crippen molar-refractivity contribution < 1.29 is 13.0 Å². The van der Waals surface area contributed by atoms with Gasteiger partial charge in [-0.1, -0.05) is 11.7 Å². The second-order valence-corrected chi connectivity index (χ2v) is 6.21. The largest absolute Gasteiger partial charge is 0.464 e. The highest BCUT2D eigenvalue weighted by Crippen LogP contribution is 2.25. The van der Waals surface area contributed by atoms with Gasteiger partial charge in [0.2, 0.25) is 0 Å². The maximum absolute atomic E-state index is 11.2. The molecule has 6 heteroatoms. The van der Waals surface area contributed by atoms with Crippen LogP contribution in [0.4, 0.5) is 0 Å². The normalized spacial score (nSPS) is 28.3. The zero-order valence-corrected chi connectivity index (χ0v) is 8.27. The van der Waals surface area contributed by atoms with Crippen molar-refractivity contribution in [3.63, 3.8) is 0 Å². The van der Waals surface area contributed by atoms with Crippen LogP contribution in [-0.2, 0) is 14.4 Å². The van der Waals surface area contributed by atoms with E-state index in [1.54, 1.807) is 0 Å². The van der Waals surface area contributed by atoms with Gasteiger partial charge < -0.3 is 0 Å². The molecule has 1 saturated heterocycles. The summed E-state index contributed by atoms with van der Waals surface area (Å²) in [6, 6.07) is 0. The Balaban J connectivity index is 2.65. The van der Waals surface area contributed by atoms with Crippen LogP contribution in [0.5, 0.6) is 0 Å². The first kappa shape index (κ1) is 9.84. The predicted molar refractivity (Wildman–Crippen MR) is 47.7 cm³/mol. The fourth-order valence-corrected chi connectivity index (χ4v) is 3.98. The maximum Gasteiger partial charge on any atom is 0.464 e. The Hall–Kier alpha value is -0.250. The Morgan fingerprint density at radius 1 is 1.58 bits per heavy atom. The van der Waals surface area contributed by atoms with E-state index < -0.39 is 23.2 Å². The first-order chi connectivity index (χ1) is 5.56. The Morgan fingerprint density at radius 2 is 2.25 bits per heavy atom. The lowest BCUT2D eigenvalue weighted by molar-refractivity contribution is 0.567. The third-order valence-corrected chi connectivity index (χ3v) is 4.92. The standard InChI is InChI=1S/C6H11NO3PS/c1-2-11(8)7-6-4-3-5-12(6,9)10/h2,6H,1,3-5H2,(H,7,8)/q+1. The van der Waals surface area contributed by atoms with Gasteiger partial charge in [0.15, 0.2) is 21.0 Å². The van der Waals surface area contributed by atoms with Gasteiger partial charge in [-0.25, -0.2) is 8.42 Å². The highest BCUT2D eigenvalue weighted by Gasteiger charge is 2.35. The SMILES string of the molecule is C=C[P+](=O)NC1CCCS1(=O)=O. The second-order valence-electron chi connectivity index (χ2n) is 2.64. The van der Waals surface area contributed by atoms with E-state index in [0.717, 1.165) is 0 Å². The molecule has 0 amide bonds. The molecule has 0 bridgehead atoms. The van der Waals surface area contributed by atoms with Gasteiger partial charge in [-0.15, -0.1) is 0 Å². The van der Waals surface area contributed by atoms with E-state index in [2.05, 4.69) is 11.7 Å². The minimum absolute atomic E-state index is 0.199. The average molecular weight is 208 g/mol. The van der Waals surface area contributed by atoms with E-state index in [9.17, 15) is 13.0 Å². The van der Waals surface area contributed by atoms with Gasteiger partial charge in [0.25, 0.3) is 0 Å². The molecule has 0 saturated carbocycles. The molecule has 1 fully saturated rings. The molecule has 1 rings (SSSR count). The van der Waals surface area contributed by atoms with Gasteiger partial charge >= 0.3 is 7.95 Å². The van der Waals surface area contributed by atoms with Crippen LogP contribution < -0.4 is 5.09 Å². The molecule has 0 radical (unpaired) electrons. The summed E-state index contributed by atoms with van der Waals surface area (Å²) in [6.07, 6.45) is 1.21. The number of hydrogen-bond acceptors (Lipinski definition) is 3. The minimum atomic E-state index is -3.03. The molecular formula is C6H11NO3PS+. The molecule has 4 nitrogen and oxygen atoms in total. The summed E-state index contributed by atoms with van der Waals surface area (Å²) in [7, 11) is -4.80. The van der Waals surface area contributed by atoms with E-state index in [1.165, 1.54) is 5.82 Å². The molecule has 0 aromatic heterocycles. The van der Waals surface area contributed by atoms with Gasteiger partial charge in [-0.2, -0.15) is 0 Å². The van der Waals surface area contributed by atoms with Crippen LogP contribution in [0.3, 0.4) is 0 Å². The smallest absolute Gasteiger partial charge is 0.227 e. The fourth-order valence-electron chi connectivity index (χ4n) is 1.13. The van der Waals surface area contributed by atoms with Gasteiger partial charge in [0.05, 0.1) is 5.75 Å². The van der Waals surface area contributed by atoms with Crippen LogP contribution in [0.2, 0.25) is 0 Å². The summed E-state index contributed by atoms with van der Waals surface area (Å²) in [5.41, 5.74) is 0. The van der Waals surface area contributed by atoms with Crippen molar-refractivity contribution in [2.45, 2.75) is 18.2 Å². The van der Waals surface area contributed by atoms with Crippen molar-refractivity contribution >= 4 is 17.8 Å². The van der Waals surface area contributed by atoms with Gasteiger partial charge in [-0.3, -0.25) is 0 Å². The number of rotatable bonds is 3. The zero-order chi connectivity index (χ0) is 9.19. The lowest BCUT2D eigenvalue weighted by Gasteiger charge is -2.00. The second kappa shape index (κ2) is 3.64. The van der Waals surface area contributed by atoms with E-state index in [4.69, 9.17) is 0 Å². The van der Waals surface area contributed by atoms with Crippen molar-refractivity contribution in [3.8, 4) is 0 Å². The van der Waals surface area contributed by atoms with Gasteiger partial charge in [-0.05, 0) is 17.4 Å². The van der Waals surface area contributed by atoms with E-state index in [0.29, 0.717) is 12.8 Å². The summed E-state index contributed by atoms with van der Waals surface area (Å²) >= 11 is 0. The van der Waals surface area contributed by atoms with Crippen molar-refractivity contribution in [2.24, 2.45) is 0 Å². The summed E-state index contributed by atoms with van der Waals surface area (Å²) < 4.78 is 33.3. The highest BCUT2D eigenvalue weighted by atomic mass is 32.2. The highest BCUT2D eigenvalue weighted by molar-refractivity contribution is 7.92. The lowest BCUT2D eigenvalue weighted by Crippen LogP contribution is -2.27. The number of hydrogen-bond donors (Lipinski definition) is 1. The summed E-state index contributed by atoms with van der Waals surface area (Å²) in [5.74, 6) is 1.42. The molecule has 2 atom stereocenters. The molecule has 0 aliphatic carbocycles. The molecule has 68 valence electrons. The number of nitrogens with one attached hydrogen (secondary N) is 1. The van der Waals surface area contributed by atoms with Crippen molar-refractivity contribution in [2.75, 3.05) is 5.75 Å². The fraction of sp³-hybridized carbons (Fsp3) is 0.667. The zero-order valence-electron chi connectivity index (χ0n) is 6.56. The Morgan fingerprint density at radius 3 is 2.67 bits per heavy atom. The third kappa shape index (κ3) is 2.12. The molecular weight excluding hydrogens is 197 g/mol. The van der Waals surface area contributed by atoms with Crippen LogP contribution in [0.15, 0.2) is 12.4 Å². The molecule has 0 aromatic rings. The molecule has 1 heterocycles. The van der Waals surface area contributed by atoms with Crippen molar-refractivity contribution in [1.82, 2.24) is 5.09 Å². The Kier molecular flexibility index (Phi) is 2.99. The van der Waals surface area contributed by atoms with Crippen LogP contribution in [0.1, 0.15) is 12.8 Å². The van der Waals surface area contributed by atoms with E-state index >= 15 is 0 Å². The predicted octanol–water partition coefficient (Wildman–Crippen LogP) is 0.997. The van der Waals surface area contributed by atoms with Crippen LogP contribution in [0.25, 0.3) is 0 Å². The average Bonchev–Trinajstić information content (AvgIpc) is 2.31. The Bertz CT molecular complexity index is 298. The summed E-state index contributed by atoms with van der Waals surface area (Å²) in [5, 5.41) is 1.90. The quantitative estimate of drug-likeness (QED) is 0.702. The first-order valence-corrected chi connectivity index (χ1v) is 6.67. The van der Waals surface area contributed by atoms with Gasteiger partial charge in [0.1, 0.15) is 0 Å². The van der Waals surface area contributed by atoms with Crippen LogP contribution in [-0.4, -0.2) is 19.5 Å². The van der Waals surface area contributed by atoms with Crippen LogP contribution in [0, 0.1) is 0 Å².